The first-order chi connectivity index (χ1) is 14.2. The Balaban J connectivity index is 1.63. The fraction of sp³-hybridized carbons (Fsp3) is 0.304. The molecule has 152 valence electrons. The molecule has 0 amide bonds. The molecule has 0 bridgehead atoms. The van der Waals surface area contributed by atoms with E-state index < -0.39 is 0 Å². The molecule has 6 heteroatoms. The van der Waals surface area contributed by atoms with E-state index in [0.717, 1.165) is 35.8 Å². The molecule has 0 aliphatic carbocycles. The standard InChI is InChI=1S/C23H26N2O2S2/c1-3-27-22(26)18(2)11-9-10-16-25(17-19-12-5-4-6-13-19)29-23-24-20-14-7-8-15-21(20)28-23/h4-8,11-15H,3,9-10,16-17H2,1-2H3/b18-11+. The van der Waals surface area contributed by atoms with Crippen LogP contribution in [0.1, 0.15) is 32.3 Å². The largest absolute Gasteiger partial charge is 0.463 e. The molecule has 1 aromatic heterocycles. The molecule has 3 aromatic rings. The second-order valence-corrected chi connectivity index (χ2v) is 9.01. The van der Waals surface area contributed by atoms with E-state index in [0.29, 0.717) is 12.2 Å². The van der Waals surface area contributed by atoms with Crippen LogP contribution in [0.3, 0.4) is 0 Å². The number of para-hydroxylation sites is 1. The van der Waals surface area contributed by atoms with Crippen molar-refractivity contribution in [1.82, 2.24) is 9.29 Å². The molecule has 0 fully saturated rings. The van der Waals surface area contributed by atoms with Crippen LogP contribution in [-0.2, 0) is 16.1 Å². The number of benzene rings is 2. The lowest BCUT2D eigenvalue weighted by Gasteiger charge is -2.19. The van der Waals surface area contributed by atoms with Crippen molar-refractivity contribution >= 4 is 39.5 Å². The predicted octanol–water partition coefficient (Wildman–Crippen LogP) is 6.10. The monoisotopic (exact) mass is 426 g/mol. The Morgan fingerprint density at radius 2 is 1.93 bits per heavy atom. The highest BCUT2D eigenvalue weighted by atomic mass is 32.2. The lowest BCUT2D eigenvalue weighted by atomic mass is 10.2. The smallest absolute Gasteiger partial charge is 0.333 e. The van der Waals surface area contributed by atoms with Gasteiger partial charge in [-0.3, -0.25) is 0 Å². The molecule has 4 nitrogen and oxygen atoms in total. The number of hydrogen-bond acceptors (Lipinski definition) is 6. The fourth-order valence-electron chi connectivity index (χ4n) is 2.86. The Morgan fingerprint density at radius 3 is 2.69 bits per heavy atom. The minimum atomic E-state index is -0.225. The topological polar surface area (TPSA) is 42.4 Å². The quantitative estimate of drug-likeness (QED) is 0.170. The molecular weight excluding hydrogens is 400 g/mol. The van der Waals surface area contributed by atoms with Gasteiger partial charge in [-0.2, -0.15) is 0 Å². The van der Waals surface area contributed by atoms with Crippen molar-refractivity contribution in [2.45, 2.75) is 37.6 Å². The molecular formula is C23H26N2O2S2. The summed E-state index contributed by atoms with van der Waals surface area (Å²) in [7, 11) is 0. The third-order valence-corrected chi connectivity index (χ3v) is 6.46. The first-order valence-corrected chi connectivity index (χ1v) is 11.4. The molecule has 0 unspecified atom stereocenters. The van der Waals surface area contributed by atoms with Gasteiger partial charge in [0.1, 0.15) is 0 Å². The Hall–Kier alpha value is -2.15. The van der Waals surface area contributed by atoms with Crippen LogP contribution < -0.4 is 0 Å². The van der Waals surface area contributed by atoms with Gasteiger partial charge < -0.3 is 4.74 Å². The number of allylic oxidation sites excluding steroid dienone is 1. The van der Waals surface area contributed by atoms with Gasteiger partial charge in [0.25, 0.3) is 0 Å². The average Bonchev–Trinajstić information content (AvgIpc) is 3.14. The average molecular weight is 427 g/mol. The van der Waals surface area contributed by atoms with Gasteiger partial charge >= 0.3 is 5.97 Å². The molecule has 29 heavy (non-hydrogen) atoms. The van der Waals surface area contributed by atoms with E-state index >= 15 is 0 Å². The van der Waals surface area contributed by atoms with Crippen LogP contribution in [0, 0.1) is 0 Å². The number of esters is 1. The molecule has 2 aromatic carbocycles. The number of thiazole rings is 1. The zero-order chi connectivity index (χ0) is 20.5. The van der Waals surface area contributed by atoms with Gasteiger partial charge in [0.2, 0.25) is 0 Å². The van der Waals surface area contributed by atoms with Gasteiger partial charge in [0, 0.05) is 18.7 Å². The summed E-state index contributed by atoms with van der Waals surface area (Å²) in [4.78, 5) is 16.5. The summed E-state index contributed by atoms with van der Waals surface area (Å²) in [5.74, 6) is -0.225. The number of carbonyl (C=O) groups excluding carboxylic acids is 1. The number of unbranched alkanes of at least 4 members (excludes halogenated alkanes) is 1. The van der Waals surface area contributed by atoms with E-state index in [4.69, 9.17) is 9.72 Å². The van der Waals surface area contributed by atoms with E-state index in [-0.39, 0.29) is 5.97 Å². The maximum absolute atomic E-state index is 11.7. The Kier molecular flexibility index (Phi) is 8.28. The van der Waals surface area contributed by atoms with Gasteiger partial charge in [-0.05, 0) is 56.3 Å². The third kappa shape index (κ3) is 6.70. The predicted molar refractivity (Wildman–Crippen MR) is 122 cm³/mol. The van der Waals surface area contributed by atoms with Crippen molar-refractivity contribution in [3.63, 3.8) is 0 Å². The van der Waals surface area contributed by atoms with E-state index in [9.17, 15) is 4.79 Å². The summed E-state index contributed by atoms with van der Waals surface area (Å²) in [5.41, 5.74) is 3.01. The second kappa shape index (κ2) is 11.1. The number of hydrogen-bond donors (Lipinski definition) is 0. The minimum Gasteiger partial charge on any atom is -0.463 e. The SMILES string of the molecule is CCOC(=O)/C(C)=C/CCCN(Cc1ccccc1)Sc1nc2ccccc2s1. The molecule has 1 heterocycles. The van der Waals surface area contributed by atoms with Crippen LogP contribution in [0.25, 0.3) is 10.2 Å². The molecule has 0 aliphatic heterocycles. The maximum Gasteiger partial charge on any atom is 0.333 e. The van der Waals surface area contributed by atoms with Gasteiger partial charge in [0.15, 0.2) is 4.34 Å². The summed E-state index contributed by atoms with van der Waals surface area (Å²) in [6.07, 6.45) is 3.78. The highest BCUT2D eigenvalue weighted by molar-refractivity contribution is 7.98. The van der Waals surface area contributed by atoms with Gasteiger partial charge in [0.05, 0.1) is 16.8 Å². The molecule has 3 rings (SSSR count). The highest BCUT2D eigenvalue weighted by Gasteiger charge is 2.12. The Morgan fingerprint density at radius 1 is 1.17 bits per heavy atom. The second-order valence-electron chi connectivity index (χ2n) is 6.64. The number of rotatable bonds is 10. The van der Waals surface area contributed by atoms with Gasteiger partial charge in [-0.15, -0.1) is 11.3 Å². The van der Waals surface area contributed by atoms with Crippen LogP contribution in [0.15, 0.2) is 70.6 Å². The van der Waals surface area contributed by atoms with Crippen LogP contribution in [0.2, 0.25) is 0 Å². The van der Waals surface area contributed by atoms with E-state index in [1.54, 1.807) is 23.3 Å². The lowest BCUT2D eigenvalue weighted by Crippen LogP contribution is -2.16. The zero-order valence-corrected chi connectivity index (χ0v) is 18.5. The van der Waals surface area contributed by atoms with Crippen molar-refractivity contribution in [2.24, 2.45) is 0 Å². The van der Waals surface area contributed by atoms with Gasteiger partial charge in [-0.1, -0.05) is 48.5 Å². The third-order valence-electron chi connectivity index (χ3n) is 4.34. The number of carbonyl (C=O) groups is 1. The van der Waals surface area contributed by atoms with Gasteiger partial charge in [-0.25, -0.2) is 14.1 Å². The van der Waals surface area contributed by atoms with Crippen LogP contribution >= 0.6 is 23.3 Å². The van der Waals surface area contributed by atoms with Crippen molar-refractivity contribution in [3.8, 4) is 0 Å². The van der Waals surface area contributed by atoms with Crippen LogP contribution in [0.5, 0.6) is 0 Å². The number of ether oxygens (including phenoxy) is 1. The van der Waals surface area contributed by atoms with E-state index in [1.165, 1.54) is 10.3 Å². The molecule has 0 atom stereocenters. The fourth-order valence-corrected chi connectivity index (χ4v) is 5.08. The lowest BCUT2D eigenvalue weighted by molar-refractivity contribution is -0.138. The van der Waals surface area contributed by atoms with Crippen molar-refractivity contribution in [2.75, 3.05) is 13.2 Å². The molecule has 0 N–H and O–H groups in total. The minimum absolute atomic E-state index is 0.225. The molecule has 0 saturated carbocycles. The van der Waals surface area contributed by atoms with E-state index in [2.05, 4.69) is 46.8 Å². The summed E-state index contributed by atoms with van der Waals surface area (Å²) in [5, 5.41) is 0. The molecule has 0 aliphatic rings. The van der Waals surface area contributed by atoms with Crippen molar-refractivity contribution in [1.29, 1.82) is 0 Å². The number of fused-ring (bicyclic) bond motifs is 1. The zero-order valence-electron chi connectivity index (χ0n) is 16.8. The first-order valence-electron chi connectivity index (χ1n) is 9.82. The summed E-state index contributed by atoms with van der Waals surface area (Å²) < 4.78 is 9.65. The first kappa shape index (κ1) is 21.6. The Bertz CT molecular complexity index is 921. The Labute approximate surface area is 180 Å². The molecule has 0 saturated heterocycles. The number of nitrogens with zero attached hydrogens (tertiary/aromatic N) is 2. The highest BCUT2D eigenvalue weighted by Crippen LogP contribution is 2.32. The van der Waals surface area contributed by atoms with Crippen LogP contribution in [0.4, 0.5) is 0 Å². The van der Waals surface area contributed by atoms with Crippen LogP contribution in [-0.4, -0.2) is 28.4 Å². The molecule has 0 radical (unpaired) electrons. The van der Waals surface area contributed by atoms with Crippen molar-refractivity contribution < 1.29 is 9.53 Å². The molecule has 0 spiro atoms. The summed E-state index contributed by atoms with van der Waals surface area (Å²) in [6, 6.07) is 18.7. The maximum atomic E-state index is 11.7. The normalized spacial score (nSPS) is 11.9. The van der Waals surface area contributed by atoms with Crippen molar-refractivity contribution in [3.05, 3.63) is 71.8 Å². The van der Waals surface area contributed by atoms with E-state index in [1.807, 2.05) is 32.1 Å². The summed E-state index contributed by atoms with van der Waals surface area (Å²) in [6.45, 7) is 5.80. The number of aromatic nitrogens is 1. The summed E-state index contributed by atoms with van der Waals surface area (Å²) >= 11 is 3.44.